The number of rotatable bonds is 3. The fourth-order valence-corrected chi connectivity index (χ4v) is 2.51. The Labute approximate surface area is 114 Å². The van der Waals surface area contributed by atoms with Gasteiger partial charge in [0.1, 0.15) is 5.82 Å². The Kier molecular flexibility index (Phi) is 4.02. The fourth-order valence-electron chi connectivity index (χ4n) is 2.15. The molecule has 1 heterocycles. The number of carbonyl (C=O) groups is 1. The second kappa shape index (κ2) is 5.36. The predicted molar refractivity (Wildman–Crippen MR) is 73.1 cm³/mol. The van der Waals surface area contributed by atoms with Crippen molar-refractivity contribution in [2.45, 2.75) is 32.4 Å². The highest BCUT2D eigenvalue weighted by Gasteiger charge is 2.32. The number of hydrogen-bond donors (Lipinski definition) is 1. The molecule has 1 atom stereocenters. The van der Waals surface area contributed by atoms with E-state index in [4.69, 9.17) is 0 Å². The van der Waals surface area contributed by atoms with E-state index in [-0.39, 0.29) is 23.8 Å². The molecule has 1 amide bonds. The van der Waals surface area contributed by atoms with Crippen LogP contribution in [0.25, 0.3) is 0 Å². The minimum atomic E-state index is -0.317. The van der Waals surface area contributed by atoms with Crippen molar-refractivity contribution in [2.75, 3.05) is 11.4 Å². The molecule has 1 aliphatic rings. The molecule has 5 heteroatoms. The molecule has 0 aromatic heterocycles. The van der Waals surface area contributed by atoms with Crippen molar-refractivity contribution in [2.24, 2.45) is 0 Å². The summed E-state index contributed by atoms with van der Waals surface area (Å²) in [7, 11) is 0. The van der Waals surface area contributed by atoms with Crippen LogP contribution in [0.4, 0.5) is 10.1 Å². The zero-order valence-electron chi connectivity index (χ0n) is 10.4. The average molecular weight is 315 g/mol. The molecule has 3 nitrogen and oxygen atoms in total. The van der Waals surface area contributed by atoms with Crippen molar-refractivity contribution >= 4 is 27.5 Å². The molecule has 18 heavy (non-hydrogen) atoms. The molecular weight excluding hydrogens is 299 g/mol. The summed E-state index contributed by atoms with van der Waals surface area (Å²) < 4.78 is 13.6. The quantitative estimate of drug-likeness (QED) is 0.930. The Hall–Kier alpha value is -0.940. The van der Waals surface area contributed by atoms with Gasteiger partial charge in [-0.25, -0.2) is 4.39 Å². The van der Waals surface area contributed by atoms with Gasteiger partial charge in [0.15, 0.2) is 0 Å². The molecule has 0 aliphatic carbocycles. The lowest BCUT2D eigenvalue weighted by Gasteiger charge is -2.18. The Balaban J connectivity index is 2.15. The van der Waals surface area contributed by atoms with Gasteiger partial charge >= 0.3 is 0 Å². The van der Waals surface area contributed by atoms with Gasteiger partial charge in [0, 0.05) is 18.3 Å². The van der Waals surface area contributed by atoms with Crippen LogP contribution < -0.4 is 10.2 Å². The zero-order chi connectivity index (χ0) is 13.3. The van der Waals surface area contributed by atoms with Crippen molar-refractivity contribution in [1.82, 2.24) is 5.32 Å². The predicted octanol–water partition coefficient (Wildman–Crippen LogP) is 2.69. The first-order chi connectivity index (χ1) is 8.49. The lowest BCUT2D eigenvalue weighted by molar-refractivity contribution is -0.118. The molecule has 1 saturated heterocycles. The maximum Gasteiger partial charge on any atom is 0.244 e. The van der Waals surface area contributed by atoms with Gasteiger partial charge in [-0.2, -0.15) is 0 Å². The van der Waals surface area contributed by atoms with Gasteiger partial charge in [0.05, 0.1) is 10.5 Å². The standard InChI is InChI=1S/C13H16BrFN2O/c1-8(2)16-12-5-6-17(13(12)18)9-3-4-11(15)10(14)7-9/h3-4,7-8,12,16H,5-6H2,1-2H3. The number of hydrogen-bond acceptors (Lipinski definition) is 2. The first-order valence-corrected chi connectivity index (χ1v) is 6.81. The Morgan fingerprint density at radius 1 is 1.50 bits per heavy atom. The van der Waals surface area contributed by atoms with E-state index in [2.05, 4.69) is 21.2 Å². The van der Waals surface area contributed by atoms with Crippen LogP contribution in [0, 0.1) is 5.82 Å². The van der Waals surface area contributed by atoms with Gasteiger partial charge in [-0.05, 0) is 40.5 Å². The normalized spacial score (nSPS) is 19.9. The molecule has 1 aromatic rings. The lowest BCUT2D eigenvalue weighted by Crippen LogP contribution is -2.41. The highest BCUT2D eigenvalue weighted by molar-refractivity contribution is 9.10. The van der Waals surface area contributed by atoms with E-state index in [1.165, 1.54) is 6.07 Å². The number of carbonyl (C=O) groups excluding carboxylic acids is 1. The monoisotopic (exact) mass is 314 g/mol. The lowest BCUT2D eigenvalue weighted by atomic mass is 10.2. The second-order valence-corrected chi connectivity index (χ2v) is 5.61. The van der Waals surface area contributed by atoms with Crippen LogP contribution in [0.1, 0.15) is 20.3 Å². The van der Waals surface area contributed by atoms with Gasteiger partial charge in [0.2, 0.25) is 5.91 Å². The van der Waals surface area contributed by atoms with E-state index in [1.807, 2.05) is 13.8 Å². The molecule has 1 fully saturated rings. The van der Waals surface area contributed by atoms with Gasteiger partial charge in [-0.1, -0.05) is 13.8 Å². The summed E-state index contributed by atoms with van der Waals surface area (Å²) in [5, 5.41) is 3.24. The molecule has 0 radical (unpaired) electrons. The van der Waals surface area contributed by atoms with Crippen LogP contribution >= 0.6 is 15.9 Å². The summed E-state index contributed by atoms with van der Waals surface area (Å²) in [5.41, 5.74) is 0.737. The maximum absolute atomic E-state index is 13.2. The van der Waals surface area contributed by atoms with E-state index < -0.39 is 0 Å². The van der Waals surface area contributed by atoms with Gasteiger partial charge in [-0.15, -0.1) is 0 Å². The minimum absolute atomic E-state index is 0.0576. The number of benzene rings is 1. The molecule has 1 aliphatic heterocycles. The molecule has 0 bridgehead atoms. The Morgan fingerprint density at radius 2 is 2.22 bits per heavy atom. The third kappa shape index (κ3) is 2.72. The van der Waals surface area contributed by atoms with Crippen LogP contribution in [-0.4, -0.2) is 24.5 Å². The topological polar surface area (TPSA) is 32.3 Å². The van der Waals surface area contributed by atoms with Crippen LogP contribution in [0.15, 0.2) is 22.7 Å². The third-order valence-corrected chi connectivity index (χ3v) is 3.56. The summed E-state index contributed by atoms with van der Waals surface area (Å²) >= 11 is 3.14. The number of amides is 1. The smallest absolute Gasteiger partial charge is 0.244 e. The van der Waals surface area contributed by atoms with Crippen LogP contribution in [0.5, 0.6) is 0 Å². The maximum atomic E-state index is 13.2. The SMILES string of the molecule is CC(C)NC1CCN(c2ccc(F)c(Br)c2)C1=O. The average Bonchev–Trinajstić information content (AvgIpc) is 2.64. The van der Waals surface area contributed by atoms with Crippen LogP contribution in [0.3, 0.4) is 0 Å². The van der Waals surface area contributed by atoms with E-state index in [0.717, 1.165) is 12.1 Å². The molecule has 0 spiro atoms. The summed E-state index contributed by atoms with van der Waals surface area (Å²) in [6.45, 7) is 4.70. The number of nitrogens with one attached hydrogen (secondary N) is 1. The first kappa shape index (κ1) is 13.5. The molecule has 0 saturated carbocycles. The van der Waals surface area contributed by atoms with Crippen molar-refractivity contribution in [1.29, 1.82) is 0 Å². The number of anilines is 1. The molecular formula is C13H16BrFN2O. The first-order valence-electron chi connectivity index (χ1n) is 6.01. The summed E-state index contributed by atoms with van der Waals surface area (Å²) in [4.78, 5) is 13.9. The van der Waals surface area contributed by atoms with Gasteiger partial charge in [0.25, 0.3) is 0 Å². The summed E-state index contributed by atoms with van der Waals surface area (Å²) in [5.74, 6) is -0.260. The van der Waals surface area contributed by atoms with E-state index in [9.17, 15) is 9.18 Å². The van der Waals surface area contributed by atoms with Crippen LogP contribution in [-0.2, 0) is 4.79 Å². The Bertz CT molecular complexity index is 464. The van der Waals surface area contributed by atoms with E-state index >= 15 is 0 Å². The van der Waals surface area contributed by atoms with Crippen molar-refractivity contribution in [3.63, 3.8) is 0 Å². The zero-order valence-corrected chi connectivity index (χ0v) is 12.0. The highest BCUT2D eigenvalue weighted by Crippen LogP contribution is 2.26. The molecule has 1 aromatic carbocycles. The third-order valence-electron chi connectivity index (χ3n) is 2.95. The second-order valence-electron chi connectivity index (χ2n) is 4.75. The minimum Gasteiger partial charge on any atom is -0.311 e. The summed E-state index contributed by atoms with van der Waals surface area (Å²) in [6, 6.07) is 4.80. The highest BCUT2D eigenvalue weighted by atomic mass is 79.9. The van der Waals surface area contributed by atoms with Crippen LogP contribution in [0.2, 0.25) is 0 Å². The number of halogens is 2. The molecule has 2 rings (SSSR count). The Morgan fingerprint density at radius 3 is 2.83 bits per heavy atom. The van der Waals surface area contributed by atoms with Crippen molar-refractivity contribution < 1.29 is 9.18 Å². The van der Waals surface area contributed by atoms with E-state index in [0.29, 0.717) is 11.0 Å². The molecule has 1 unspecified atom stereocenters. The van der Waals surface area contributed by atoms with Crippen molar-refractivity contribution in [3.8, 4) is 0 Å². The molecule has 1 N–H and O–H groups in total. The van der Waals surface area contributed by atoms with E-state index in [1.54, 1.807) is 17.0 Å². The molecule has 98 valence electrons. The largest absolute Gasteiger partial charge is 0.311 e. The summed E-state index contributed by atoms with van der Waals surface area (Å²) in [6.07, 6.45) is 0.784. The number of nitrogens with zero attached hydrogens (tertiary/aromatic N) is 1. The van der Waals surface area contributed by atoms with Gasteiger partial charge in [-0.3, -0.25) is 4.79 Å². The van der Waals surface area contributed by atoms with Crippen molar-refractivity contribution in [3.05, 3.63) is 28.5 Å². The van der Waals surface area contributed by atoms with Gasteiger partial charge < -0.3 is 10.2 Å². The fraction of sp³-hybridized carbons (Fsp3) is 0.462.